The van der Waals surface area contributed by atoms with E-state index in [1.807, 2.05) is 11.8 Å². The van der Waals surface area contributed by atoms with Crippen molar-refractivity contribution in [1.82, 2.24) is 4.90 Å². The summed E-state index contributed by atoms with van der Waals surface area (Å²) in [6.45, 7) is 5.39. The Morgan fingerprint density at radius 2 is 1.92 bits per heavy atom. The molecule has 0 aromatic rings. The molecule has 74 valence electrons. The maximum Gasteiger partial charge on any atom is 0.226 e. The van der Waals surface area contributed by atoms with Crippen LogP contribution in [0.1, 0.15) is 20.3 Å². The lowest BCUT2D eigenvalue weighted by Gasteiger charge is -2.15. The van der Waals surface area contributed by atoms with Gasteiger partial charge in [-0.05, 0) is 12.3 Å². The van der Waals surface area contributed by atoms with Crippen LogP contribution in [0.25, 0.3) is 0 Å². The molecule has 2 rings (SSSR count). The van der Waals surface area contributed by atoms with Gasteiger partial charge in [0.15, 0.2) is 0 Å². The average molecular weight is 183 g/mol. The highest BCUT2D eigenvalue weighted by molar-refractivity contribution is 5.81. The molecule has 0 aromatic heterocycles. The largest absolute Gasteiger partial charge is 0.391 e. The monoisotopic (exact) mass is 183 g/mol. The van der Waals surface area contributed by atoms with Gasteiger partial charge in [-0.25, -0.2) is 0 Å². The summed E-state index contributed by atoms with van der Waals surface area (Å²) >= 11 is 0. The summed E-state index contributed by atoms with van der Waals surface area (Å²) in [6.07, 6.45) is 0.734. The SMILES string of the molecule is CC1CN(C(=O)[C@@H]2C[C@H]2C)CC1O. The van der Waals surface area contributed by atoms with Gasteiger partial charge in [0, 0.05) is 24.9 Å². The summed E-state index contributed by atoms with van der Waals surface area (Å²) in [5.41, 5.74) is 0. The number of carbonyl (C=O) groups excluding carboxylic acids is 1. The van der Waals surface area contributed by atoms with Crippen LogP contribution in [0, 0.1) is 17.8 Å². The Balaban J connectivity index is 1.92. The Kier molecular flexibility index (Phi) is 2.06. The molecule has 4 atom stereocenters. The van der Waals surface area contributed by atoms with Gasteiger partial charge in [-0.15, -0.1) is 0 Å². The standard InChI is InChI=1S/C10H17NO2/c1-6-3-8(6)10(13)11-4-7(2)9(12)5-11/h6-9,12H,3-5H2,1-2H3/t6-,7?,8-,9?/m1/s1. The van der Waals surface area contributed by atoms with Gasteiger partial charge >= 0.3 is 0 Å². The van der Waals surface area contributed by atoms with Gasteiger partial charge in [0.05, 0.1) is 6.10 Å². The van der Waals surface area contributed by atoms with Crippen LogP contribution in [-0.2, 0) is 4.79 Å². The molecule has 3 nitrogen and oxygen atoms in total. The number of aliphatic hydroxyl groups is 1. The number of carbonyl (C=O) groups is 1. The van der Waals surface area contributed by atoms with Gasteiger partial charge < -0.3 is 10.0 Å². The molecule has 0 radical (unpaired) electrons. The van der Waals surface area contributed by atoms with Crippen molar-refractivity contribution in [2.24, 2.45) is 17.8 Å². The highest BCUT2D eigenvalue weighted by Crippen LogP contribution is 2.40. The summed E-state index contributed by atoms with van der Waals surface area (Å²) in [5, 5.41) is 9.49. The number of aliphatic hydroxyl groups excluding tert-OH is 1. The zero-order valence-corrected chi connectivity index (χ0v) is 8.23. The highest BCUT2D eigenvalue weighted by Gasteiger charge is 2.43. The predicted molar refractivity (Wildman–Crippen MR) is 49.0 cm³/mol. The minimum Gasteiger partial charge on any atom is -0.391 e. The van der Waals surface area contributed by atoms with Crippen molar-refractivity contribution in [2.45, 2.75) is 26.4 Å². The maximum atomic E-state index is 11.7. The molecular formula is C10H17NO2. The van der Waals surface area contributed by atoms with E-state index in [9.17, 15) is 9.90 Å². The van der Waals surface area contributed by atoms with Crippen molar-refractivity contribution >= 4 is 5.91 Å². The van der Waals surface area contributed by atoms with Gasteiger partial charge in [-0.3, -0.25) is 4.79 Å². The van der Waals surface area contributed by atoms with Crippen molar-refractivity contribution < 1.29 is 9.90 Å². The first-order valence-electron chi connectivity index (χ1n) is 5.06. The summed E-state index contributed by atoms with van der Waals surface area (Å²) in [4.78, 5) is 13.5. The number of rotatable bonds is 1. The number of amides is 1. The van der Waals surface area contributed by atoms with E-state index in [2.05, 4.69) is 6.92 Å². The number of likely N-dealkylation sites (tertiary alicyclic amines) is 1. The quantitative estimate of drug-likeness (QED) is 0.642. The zero-order valence-electron chi connectivity index (χ0n) is 8.23. The second-order valence-electron chi connectivity index (χ2n) is 4.61. The van der Waals surface area contributed by atoms with Crippen LogP contribution >= 0.6 is 0 Å². The zero-order chi connectivity index (χ0) is 9.59. The second-order valence-corrected chi connectivity index (χ2v) is 4.61. The molecule has 1 aliphatic heterocycles. The molecule has 13 heavy (non-hydrogen) atoms. The first kappa shape index (κ1) is 9.00. The van der Waals surface area contributed by atoms with Crippen LogP contribution in [0.3, 0.4) is 0 Å². The first-order chi connectivity index (χ1) is 6.09. The highest BCUT2D eigenvalue weighted by atomic mass is 16.3. The van der Waals surface area contributed by atoms with Crippen LogP contribution in [0.5, 0.6) is 0 Å². The number of hydrogen-bond acceptors (Lipinski definition) is 2. The molecule has 1 aliphatic carbocycles. The molecule has 2 unspecified atom stereocenters. The van der Waals surface area contributed by atoms with Crippen molar-refractivity contribution in [3.63, 3.8) is 0 Å². The molecule has 2 aliphatic rings. The average Bonchev–Trinajstić information content (AvgIpc) is 2.70. The Labute approximate surface area is 78.7 Å². The molecule has 1 amide bonds. The van der Waals surface area contributed by atoms with Gasteiger partial charge in [0.25, 0.3) is 0 Å². The topological polar surface area (TPSA) is 40.5 Å². The second kappa shape index (κ2) is 2.98. The van der Waals surface area contributed by atoms with Gasteiger partial charge in [0.1, 0.15) is 0 Å². The van der Waals surface area contributed by atoms with Crippen molar-refractivity contribution in [3.8, 4) is 0 Å². The minimum absolute atomic E-state index is 0.248. The molecule has 0 spiro atoms. The van der Waals surface area contributed by atoms with Crippen LogP contribution in [-0.4, -0.2) is 35.1 Å². The lowest BCUT2D eigenvalue weighted by molar-refractivity contribution is -0.132. The third-order valence-electron chi connectivity index (χ3n) is 3.31. The normalized spacial score (nSPS) is 43.8. The van der Waals surface area contributed by atoms with Crippen LogP contribution < -0.4 is 0 Å². The Morgan fingerprint density at radius 1 is 1.31 bits per heavy atom. The van der Waals surface area contributed by atoms with Crippen LogP contribution in [0.15, 0.2) is 0 Å². The van der Waals surface area contributed by atoms with E-state index in [-0.39, 0.29) is 23.8 Å². The molecule has 0 bridgehead atoms. The van der Waals surface area contributed by atoms with E-state index >= 15 is 0 Å². The van der Waals surface area contributed by atoms with E-state index in [0.29, 0.717) is 12.5 Å². The van der Waals surface area contributed by atoms with E-state index in [1.165, 1.54) is 0 Å². The van der Waals surface area contributed by atoms with Gasteiger partial charge in [-0.2, -0.15) is 0 Å². The lowest BCUT2D eigenvalue weighted by atomic mass is 10.1. The van der Waals surface area contributed by atoms with Gasteiger partial charge in [0.2, 0.25) is 5.91 Å². The fraction of sp³-hybridized carbons (Fsp3) is 0.900. The van der Waals surface area contributed by atoms with Crippen LogP contribution in [0.4, 0.5) is 0 Å². The van der Waals surface area contributed by atoms with Crippen molar-refractivity contribution in [1.29, 1.82) is 0 Å². The Hall–Kier alpha value is -0.570. The number of nitrogens with zero attached hydrogens (tertiary/aromatic N) is 1. The third-order valence-corrected chi connectivity index (χ3v) is 3.31. The molecule has 1 saturated carbocycles. The summed E-state index contributed by atoms with van der Waals surface area (Å²) in [5.74, 6) is 1.34. The lowest BCUT2D eigenvalue weighted by Crippen LogP contribution is -2.31. The summed E-state index contributed by atoms with van der Waals surface area (Å²) < 4.78 is 0. The third kappa shape index (κ3) is 1.57. The molecular weight excluding hydrogens is 166 g/mol. The predicted octanol–water partition coefficient (Wildman–Crippen LogP) is 0.482. The molecule has 1 heterocycles. The van der Waals surface area contributed by atoms with Crippen molar-refractivity contribution in [2.75, 3.05) is 13.1 Å². The molecule has 0 aromatic carbocycles. The summed E-state index contributed by atoms with van der Waals surface area (Å²) in [6, 6.07) is 0. The first-order valence-corrected chi connectivity index (χ1v) is 5.06. The van der Waals surface area contributed by atoms with E-state index < -0.39 is 0 Å². The van der Waals surface area contributed by atoms with E-state index in [1.54, 1.807) is 0 Å². The molecule has 3 heteroatoms. The van der Waals surface area contributed by atoms with E-state index in [0.717, 1.165) is 13.0 Å². The smallest absolute Gasteiger partial charge is 0.226 e. The number of β-amino-alcohol motifs (C(OH)–C–C–N with tert-alkyl or cyclic N) is 1. The molecule has 1 N–H and O–H groups in total. The van der Waals surface area contributed by atoms with Crippen molar-refractivity contribution in [3.05, 3.63) is 0 Å². The maximum absolute atomic E-state index is 11.7. The Bertz CT molecular complexity index is 219. The minimum atomic E-state index is -0.307. The fourth-order valence-electron chi connectivity index (χ4n) is 2.03. The fourth-order valence-corrected chi connectivity index (χ4v) is 2.03. The Morgan fingerprint density at radius 3 is 2.31 bits per heavy atom. The van der Waals surface area contributed by atoms with E-state index in [4.69, 9.17) is 0 Å². The van der Waals surface area contributed by atoms with Crippen LogP contribution in [0.2, 0.25) is 0 Å². The molecule has 1 saturated heterocycles. The number of hydrogen-bond donors (Lipinski definition) is 1. The molecule has 2 fully saturated rings. The summed E-state index contributed by atoms with van der Waals surface area (Å²) in [7, 11) is 0. The van der Waals surface area contributed by atoms with Gasteiger partial charge in [-0.1, -0.05) is 13.8 Å².